The third-order valence-corrected chi connectivity index (χ3v) is 4.53. The lowest BCUT2D eigenvalue weighted by molar-refractivity contribution is 0.409. The van der Waals surface area contributed by atoms with Crippen LogP contribution in [-0.4, -0.2) is 7.11 Å². The van der Waals surface area contributed by atoms with Gasteiger partial charge >= 0.3 is 0 Å². The maximum Gasteiger partial charge on any atom is 0.147 e. The van der Waals surface area contributed by atoms with Gasteiger partial charge in [-0.25, -0.2) is 0 Å². The SMILES string of the molecule is COc1c(Br)cc(CNc2cccc(C)c2C)cc1Br. The van der Waals surface area contributed by atoms with Crippen molar-refractivity contribution < 1.29 is 4.74 Å². The molecule has 0 spiro atoms. The molecule has 106 valence electrons. The van der Waals surface area contributed by atoms with E-state index in [4.69, 9.17) is 4.74 Å². The summed E-state index contributed by atoms with van der Waals surface area (Å²) in [5, 5.41) is 3.48. The van der Waals surface area contributed by atoms with Crippen molar-refractivity contribution in [2.24, 2.45) is 0 Å². The predicted molar refractivity (Wildman–Crippen MR) is 91.6 cm³/mol. The summed E-state index contributed by atoms with van der Waals surface area (Å²) in [5.74, 6) is 0.820. The highest BCUT2D eigenvalue weighted by molar-refractivity contribution is 9.11. The Morgan fingerprint density at radius 1 is 1.10 bits per heavy atom. The second kappa shape index (κ2) is 6.64. The monoisotopic (exact) mass is 397 g/mol. The summed E-state index contributed by atoms with van der Waals surface area (Å²) >= 11 is 7.06. The number of hydrogen-bond donors (Lipinski definition) is 1. The van der Waals surface area contributed by atoms with Crippen molar-refractivity contribution in [3.05, 3.63) is 56.0 Å². The lowest BCUT2D eigenvalue weighted by Crippen LogP contribution is -2.02. The lowest BCUT2D eigenvalue weighted by atomic mass is 10.1. The summed E-state index contributed by atoms with van der Waals surface area (Å²) < 4.78 is 7.22. The molecule has 0 saturated carbocycles. The Labute approximate surface area is 136 Å². The van der Waals surface area contributed by atoms with E-state index in [9.17, 15) is 0 Å². The summed E-state index contributed by atoms with van der Waals surface area (Å²) in [6.07, 6.45) is 0. The minimum atomic E-state index is 0.769. The number of nitrogens with one attached hydrogen (secondary N) is 1. The van der Waals surface area contributed by atoms with Gasteiger partial charge in [0.15, 0.2) is 0 Å². The smallest absolute Gasteiger partial charge is 0.147 e. The predicted octanol–water partition coefficient (Wildman–Crippen LogP) is 5.45. The van der Waals surface area contributed by atoms with E-state index in [2.05, 4.69) is 81.4 Å². The van der Waals surface area contributed by atoms with Crippen molar-refractivity contribution in [3.8, 4) is 5.75 Å². The average Bonchev–Trinajstić information content (AvgIpc) is 2.40. The van der Waals surface area contributed by atoms with Crippen LogP contribution in [0.25, 0.3) is 0 Å². The summed E-state index contributed by atoms with van der Waals surface area (Å²) in [7, 11) is 1.67. The summed E-state index contributed by atoms with van der Waals surface area (Å²) in [4.78, 5) is 0. The first-order chi connectivity index (χ1) is 9.52. The molecule has 0 aliphatic heterocycles. The van der Waals surface area contributed by atoms with E-state index in [1.165, 1.54) is 22.4 Å². The Bertz CT molecular complexity index is 603. The van der Waals surface area contributed by atoms with Crippen molar-refractivity contribution in [2.45, 2.75) is 20.4 Å². The largest absolute Gasteiger partial charge is 0.494 e. The lowest BCUT2D eigenvalue weighted by Gasteiger charge is -2.13. The fourth-order valence-corrected chi connectivity index (χ4v) is 3.65. The van der Waals surface area contributed by atoms with Crippen LogP contribution >= 0.6 is 31.9 Å². The Hall–Kier alpha value is -1.00. The maximum absolute atomic E-state index is 5.31. The fraction of sp³-hybridized carbons (Fsp3) is 0.250. The maximum atomic E-state index is 5.31. The van der Waals surface area contributed by atoms with Gasteiger partial charge in [0.2, 0.25) is 0 Å². The van der Waals surface area contributed by atoms with E-state index in [0.717, 1.165) is 21.2 Å². The van der Waals surface area contributed by atoms with Crippen LogP contribution in [0, 0.1) is 13.8 Å². The van der Waals surface area contributed by atoms with Gasteiger partial charge < -0.3 is 10.1 Å². The molecule has 2 aromatic rings. The van der Waals surface area contributed by atoms with Crippen LogP contribution in [0.5, 0.6) is 5.75 Å². The molecule has 2 nitrogen and oxygen atoms in total. The number of halogens is 2. The van der Waals surface area contributed by atoms with E-state index in [-0.39, 0.29) is 0 Å². The Morgan fingerprint density at radius 3 is 2.35 bits per heavy atom. The van der Waals surface area contributed by atoms with Crippen molar-refractivity contribution in [1.82, 2.24) is 0 Å². The number of methoxy groups -OCH3 is 1. The highest BCUT2D eigenvalue weighted by Crippen LogP contribution is 2.34. The van der Waals surface area contributed by atoms with Crippen LogP contribution in [0.4, 0.5) is 5.69 Å². The zero-order valence-corrected chi connectivity index (χ0v) is 14.9. The van der Waals surface area contributed by atoms with Gasteiger partial charge in [0.1, 0.15) is 5.75 Å². The van der Waals surface area contributed by atoms with Crippen LogP contribution in [-0.2, 0) is 6.54 Å². The van der Waals surface area contributed by atoms with Crippen LogP contribution in [0.1, 0.15) is 16.7 Å². The average molecular weight is 399 g/mol. The number of ether oxygens (including phenoxy) is 1. The molecule has 0 aliphatic carbocycles. The fourth-order valence-electron chi connectivity index (χ4n) is 2.05. The van der Waals surface area contributed by atoms with Crippen LogP contribution in [0.3, 0.4) is 0 Å². The minimum Gasteiger partial charge on any atom is -0.494 e. The normalized spacial score (nSPS) is 10.4. The van der Waals surface area contributed by atoms with Crippen LogP contribution in [0.15, 0.2) is 39.3 Å². The molecule has 0 unspecified atom stereocenters. The van der Waals surface area contributed by atoms with Crippen molar-refractivity contribution in [3.63, 3.8) is 0 Å². The first kappa shape index (κ1) is 15.4. The Balaban J connectivity index is 2.17. The molecular weight excluding hydrogens is 382 g/mol. The van der Waals surface area contributed by atoms with Gasteiger partial charge in [0.25, 0.3) is 0 Å². The van der Waals surface area contributed by atoms with Crippen LogP contribution in [0.2, 0.25) is 0 Å². The molecular formula is C16H17Br2NO. The van der Waals surface area contributed by atoms with Gasteiger partial charge in [-0.05, 0) is 80.6 Å². The number of aryl methyl sites for hydroxylation is 1. The summed E-state index contributed by atoms with van der Waals surface area (Å²) in [6, 6.07) is 10.4. The van der Waals surface area contributed by atoms with E-state index in [1.807, 2.05) is 0 Å². The minimum absolute atomic E-state index is 0.769. The molecule has 0 bridgehead atoms. The quantitative estimate of drug-likeness (QED) is 0.739. The van der Waals surface area contributed by atoms with Gasteiger partial charge in [0, 0.05) is 12.2 Å². The number of anilines is 1. The highest BCUT2D eigenvalue weighted by atomic mass is 79.9. The number of benzene rings is 2. The highest BCUT2D eigenvalue weighted by Gasteiger charge is 2.08. The van der Waals surface area contributed by atoms with E-state index < -0.39 is 0 Å². The van der Waals surface area contributed by atoms with Crippen molar-refractivity contribution in [1.29, 1.82) is 0 Å². The first-order valence-corrected chi connectivity index (χ1v) is 7.93. The molecule has 2 aromatic carbocycles. The number of hydrogen-bond acceptors (Lipinski definition) is 2. The van der Waals surface area contributed by atoms with Gasteiger partial charge in [-0.3, -0.25) is 0 Å². The number of rotatable bonds is 4. The molecule has 0 aromatic heterocycles. The first-order valence-electron chi connectivity index (χ1n) is 6.35. The Morgan fingerprint density at radius 2 is 1.75 bits per heavy atom. The van der Waals surface area contributed by atoms with Gasteiger partial charge in [0.05, 0.1) is 16.1 Å². The van der Waals surface area contributed by atoms with Crippen molar-refractivity contribution in [2.75, 3.05) is 12.4 Å². The molecule has 2 rings (SSSR count). The summed E-state index contributed by atoms with van der Waals surface area (Å²) in [5.41, 5.74) is 4.95. The molecule has 4 heteroatoms. The topological polar surface area (TPSA) is 21.3 Å². The molecule has 0 saturated heterocycles. The van der Waals surface area contributed by atoms with Crippen molar-refractivity contribution >= 4 is 37.5 Å². The second-order valence-electron chi connectivity index (χ2n) is 4.69. The van der Waals surface area contributed by atoms with Gasteiger partial charge in [-0.15, -0.1) is 0 Å². The van der Waals surface area contributed by atoms with Gasteiger partial charge in [-0.1, -0.05) is 12.1 Å². The Kier molecular flexibility index (Phi) is 5.11. The zero-order chi connectivity index (χ0) is 14.7. The van der Waals surface area contributed by atoms with E-state index >= 15 is 0 Å². The molecule has 1 N–H and O–H groups in total. The molecule has 20 heavy (non-hydrogen) atoms. The zero-order valence-electron chi connectivity index (χ0n) is 11.8. The van der Waals surface area contributed by atoms with E-state index in [1.54, 1.807) is 7.11 Å². The standard InChI is InChI=1S/C16H17Br2NO/c1-10-5-4-6-15(11(10)2)19-9-12-7-13(17)16(20-3)14(18)8-12/h4-8,19H,9H2,1-3H3. The van der Waals surface area contributed by atoms with Crippen LogP contribution < -0.4 is 10.1 Å². The second-order valence-corrected chi connectivity index (χ2v) is 6.40. The summed E-state index contributed by atoms with van der Waals surface area (Å²) in [6.45, 7) is 5.03. The van der Waals surface area contributed by atoms with Gasteiger partial charge in [-0.2, -0.15) is 0 Å². The van der Waals surface area contributed by atoms with E-state index in [0.29, 0.717) is 0 Å². The molecule has 0 amide bonds. The molecule has 0 atom stereocenters. The molecule has 0 radical (unpaired) electrons. The third kappa shape index (κ3) is 3.36. The third-order valence-electron chi connectivity index (χ3n) is 3.35. The molecule has 0 fully saturated rings. The molecule has 0 aliphatic rings. The molecule has 0 heterocycles.